The van der Waals surface area contributed by atoms with Gasteiger partial charge in [0.05, 0.1) is 28.7 Å². The van der Waals surface area contributed by atoms with Gasteiger partial charge in [-0.15, -0.1) is 0 Å². The van der Waals surface area contributed by atoms with Crippen molar-refractivity contribution in [1.82, 2.24) is 0 Å². The fraction of sp³-hybridized carbons (Fsp3) is 0.115. The Morgan fingerprint density at radius 2 is 1.58 bits per heavy atom. The maximum absolute atomic E-state index is 13.2. The summed E-state index contributed by atoms with van der Waals surface area (Å²) in [5, 5.41) is 22.1. The number of benzene rings is 3. The number of amides is 1. The first kappa shape index (κ1) is 24.8. The van der Waals surface area contributed by atoms with Gasteiger partial charge in [0.2, 0.25) is 0 Å². The quantitative estimate of drug-likeness (QED) is 0.112. The number of rotatable bonds is 6. The molecule has 3 aromatic carbocycles. The molecule has 10 heteroatoms. The highest BCUT2D eigenvalue weighted by atomic mass is 79.9. The van der Waals surface area contributed by atoms with E-state index in [0.29, 0.717) is 11.3 Å². The number of aliphatic hydroxyl groups is 1. The van der Waals surface area contributed by atoms with Crippen LogP contribution in [0.1, 0.15) is 34.5 Å². The van der Waals surface area contributed by atoms with Gasteiger partial charge in [-0.05, 0) is 61.0 Å². The molecule has 1 amide bonds. The molecule has 3 aromatic rings. The third-order valence-corrected chi connectivity index (χ3v) is 6.17. The number of carbonyl (C=O) groups excluding carboxylic acids is 3. The number of non-ortho nitro benzene ring substituents is 1. The van der Waals surface area contributed by atoms with Gasteiger partial charge in [-0.25, -0.2) is 4.79 Å². The maximum atomic E-state index is 13.2. The second kappa shape index (κ2) is 10.1. The van der Waals surface area contributed by atoms with E-state index in [1.165, 1.54) is 53.4 Å². The van der Waals surface area contributed by atoms with Gasteiger partial charge in [-0.2, -0.15) is 0 Å². The normalized spacial score (nSPS) is 16.7. The predicted octanol–water partition coefficient (Wildman–Crippen LogP) is 5.16. The topological polar surface area (TPSA) is 127 Å². The minimum Gasteiger partial charge on any atom is -0.507 e. The molecular formula is C26H19BrN2O7. The first-order chi connectivity index (χ1) is 17.2. The number of esters is 1. The average Bonchev–Trinajstić information content (AvgIpc) is 3.14. The van der Waals surface area contributed by atoms with Gasteiger partial charge >= 0.3 is 5.97 Å². The van der Waals surface area contributed by atoms with E-state index in [-0.39, 0.29) is 29.0 Å². The molecule has 0 aliphatic carbocycles. The fourth-order valence-corrected chi connectivity index (χ4v) is 4.19. The Bertz CT molecular complexity index is 1380. The van der Waals surface area contributed by atoms with Crippen LogP contribution in [0.25, 0.3) is 5.76 Å². The number of nitro benzene ring substituents is 1. The molecule has 36 heavy (non-hydrogen) atoms. The Morgan fingerprint density at radius 3 is 2.14 bits per heavy atom. The lowest BCUT2D eigenvalue weighted by Gasteiger charge is -2.25. The van der Waals surface area contributed by atoms with E-state index in [4.69, 9.17) is 4.74 Å². The lowest BCUT2D eigenvalue weighted by Crippen LogP contribution is -2.29. The van der Waals surface area contributed by atoms with E-state index in [0.717, 1.165) is 4.47 Å². The van der Waals surface area contributed by atoms with Gasteiger partial charge in [-0.3, -0.25) is 24.6 Å². The van der Waals surface area contributed by atoms with Crippen molar-refractivity contribution in [2.24, 2.45) is 0 Å². The number of carbonyl (C=O) groups is 3. The summed E-state index contributed by atoms with van der Waals surface area (Å²) in [7, 11) is 0. The van der Waals surface area contributed by atoms with E-state index in [2.05, 4.69) is 15.9 Å². The van der Waals surface area contributed by atoms with Crippen molar-refractivity contribution in [2.45, 2.75) is 13.0 Å². The van der Waals surface area contributed by atoms with Crippen LogP contribution >= 0.6 is 15.9 Å². The molecule has 4 rings (SSSR count). The summed E-state index contributed by atoms with van der Waals surface area (Å²) in [5.41, 5.74) is 0.974. The highest BCUT2D eigenvalue weighted by Gasteiger charge is 2.47. The third kappa shape index (κ3) is 4.63. The van der Waals surface area contributed by atoms with Gasteiger partial charge in [0, 0.05) is 27.9 Å². The van der Waals surface area contributed by atoms with Crippen molar-refractivity contribution in [3.63, 3.8) is 0 Å². The first-order valence-electron chi connectivity index (χ1n) is 10.8. The standard InChI is InChI=1S/C26H19BrN2O7/c1-2-36-26(33)17-7-11-19(12-8-17)28-22(15-3-9-18(27)10-4-15)21(24(31)25(28)32)23(30)16-5-13-20(14-6-16)29(34)35/h3-14,22,30H,2H2,1H3. The Hall–Kier alpha value is -4.31. The van der Waals surface area contributed by atoms with Crippen LogP contribution in [0.5, 0.6) is 0 Å². The van der Waals surface area contributed by atoms with Crippen LogP contribution in [0.15, 0.2) is 82.8 Å². The number of hydrogen-bond acceptors (Lipinski definition) is 7. The molecule has 1 saturated heterocycles. The summed E-state index contributed by atoms with van der Waals surface area (Å²) in [4.78, 5) is 50.1. The molecule has 0 bridgehead atoms. The van der Waals surface area contributed by atoms with Crippen LogP contribution in [0.3, 0.4) is 0 Å². The number of Topliss-reactive ketones (excluding diaryl/α,β-unsaturated/α-hetero) is 1. The molecule has 1 fully saturated rings. The Kier molecular flexibility index (Phi) is 6.98. The summed E-state index contributed by atoms with van der Waals surface area (Å²) in [5.74, 6) is -2.75. The number of ketones is 1. The van der Waals surface area contributed by atoms with E-state index >= 15 is 0 Å². The van der Waals surface area contributed by atoms with Crippen LogP contribution in [-0.4, -0.2) is 34.3 Å². The number of anilines is 1. The van der Waals surface area contributed by atoms with E-state index in [9.17, 15) is 29.6 Å². The average molecular weight is 551 g/mol. The summed E-state index contributed by atoms with van der Waals surface area (Å²) >= 11 is 3.36. The van der Waals surface area contributed by atoms with E-state index < -0.39 is 34.4 Å². The lowest BCUT2D eigenvalue weighted by molar-refractivity contribution is -0.384. The van der Waals surface area contributed by atoms with Crippen molar-refractivity contribution in [3.8, 4) is 0 Å². The smallest absolute Gasteiger partial charge is 0.338 e. The van der Waals surface area contributed by atoms with Crippen molar-refractivity contribution >= 4 is 50.7 Å². The molecule has 1 aliphatic heterocycles. The van der Waals surface area contributed by atoms with Crippen LogP contribution in [0, 0.1) is 10.1 Å². The number of halogens is 1. The SMILES string of the molecule is CCOC(=O)c1ccc(N2C(=O)C(=O)C(=C(O)c3ccc([N+](=O)[O-])cc3)C2c2ccc(Br)cc2)cc1. The van der Waals surface area contributed by atoms with Crippen LogP contribution in [-0.2, 0) is 14.3 Å². The summed E-state index contributed by atoms with van der Waals surface area (Å²) < 4.78 is 5.77. The molecule has 0 radical (unpaired) electrons. The zero-order chi connectivity index (χ0) is 26.0. The zero-order valence-electron chi connectivity index (χ0n) is 18.9. The van der Waals surface area contributed by atoms with Gasteiger partial charge in [-0.1, -0.05) is 28.1 Å². The molecule has 9 nitrogen and oxygen atoms in total. The van der Waals surface area contributed by atoms with Crippen LogP contribution < -0.4 is 4.90 Å². The van der Waals surface area contributed by atoms with Gasteiger partial charge in [0.1, 0.15) is 5.76 Å². The highest BCUT2D eigenvalue weighted by molar-refractivity contribution is 9.10. The second-order valence-electron chi connectivity index (χ2n) is 7.79. The lowest BCUT2D eigenvalue weighted by atomic mass is 9.95. The summed E-state index contributed by atoms with van der Waals surface area (Å²) in [6.45, 7) is 1.90. The van der Waals surface area contributed by atoms with Crippen LogP contribution in [0.2, 0.25) is 0 Å². The molecule has 0 spiro atoms. The molecule has 1 heterocycles. The molecule has 1 atom stereocenters. The van der Waals surface area contributed by atoms with E-state index in [1.54, 1.807) is 31.2 Å². The number of nitro groups is 1. The van der Waals surface area contributed by atoms with Gasteiger partial charge in [0.25, 0.3) is 17.4 Å². The minimum absolute atomic E-state index is 0.151. The number of nitrogens with zero attached hydrogens (tertiary/aromatic N) is 2. The maximum Gasteiger partial charge on any atom is 0.338 e. The fourth-order valence-electron chi connectivity index (χ4n) is 3.93. The van der Waals surface area contributed by atoms with E-state index in [1.807, 2.05) is 0 Å². The predicted molar refractivity (Wildman–Crippen MR) is 134 cm³/mol. The Balaban J connectivity index is 1.84. The molecule has 182 valence electrons. The number of aliphatic hydroxyl groups excluding tert-OH is 1. The van der Waals surface area contributed by atoms with Crippen molar-refractivity contribution < 1.29 is 29.2 Å². The molecular weight excluding hydrogens is 532 g/mol. The molecule has 1 N–H and O–H groups in total. The molecule has 0 saturated carbocycles. The molecule has 1 unspecified atom stereocenters. The zero-order valence-corrected chi connectivity index (χ0v) is 20.5. The third-order valence-electron chi connectivity index (χ3n) is 5.64. The van der Waals surface area contributed by atoms with Gasteiger partial charge in [0.15, 0.2) is 0 Å². The minimum atomic E-state index is -0.985. The van der Waals surface area contributed by atoms with Crippen molar-refractivity contribution in [3.05, 3.63) is 110 Å². The first-order valence-corrected chi connectivity index (χ1v) is 11.6. The Morgan fingerprint density at radius 1 is 1.00 bits per heavy atom. The van der Waals surface area contributed by atoms with Crippen molar-refractivity contribution in [2.75, 3.05) is 11.5 Å². The molecule has 1 aliphatic rings. The summed E-state index contributed by atoms with van der Waals surface area (Å²) in [6.07, 6.45) is 0. The highest BCUT2D eigenvalue weighted by Crippen LogP contribution is 2.42. The van der Waals surface area contributed by atoms with Gasteiger partial charge < -0.3 is 9.84 Å². The Labute approximate surface area is 213 Å². The number of ether oxygens (including phenoxy) is 1. The summed E-state index contributed by atoms with van der Waals surface area (Å²) in [6, 6.07) is 17.0. The second-order valence-corrected chi connectivity index (χ2v) is 8.71. The largest absolute Gasteiger partial charge is 0.507 e. The number of hydrogen-bond donors (Lipinski definition) is 1. The molecule has 0 aromatic heterocycles. The van der Waals surface area contributed by atoms with Crippen molar-refractivity contribution in [1.29, 1.82) is 0 Å². The van der Waals surface area contributed by atoms with Crippen LogP contribution in [0.4, 0.5) is 11.4 Å². The monoisotopic (exact) mass is 550 g/mol.